The Hall–Kier alpha value is -6.20. The van der Waals surface area contributed by atoms with Crippen molar-refractivity contribution in [2.24, 2.45) is 0 Å². The van der Waals surface area contributed by atoms with Crippen LogP contribution in [0.2, 0.25) is 0 Å². The normalized spacial score (nSPS) is 12.8. The van der Waals surface area contributed by atoms with Gasteiger partial charge in [0, 0.05) is 44.7 Å². The zero-order valence-electron chi connectivity index (χ0n) is 25.2. The Morgan fingerprint density at radius 2 is 1.19 bits per heavy atom. The van der Waals surface area contributed by atoms with Crippen LogP contribution < -0.4 is 26.0 Å². The lowest BCUT2D eigenvalue weighted by Gasteiger charge is -2.35. The highest BCUT2D eigenvalue weighted by molar-refractivity contribution is 7.00. The number of nitrogens with zero attached hydrogens (tertiary/aromatic N) is 2. The molecule has 0 spiro atoms. The molecule has 0 saturated carbocycles. The summed E-state index contributed by atoms with van der Waals surface area (Å²) in [5.74, 6) is 1.74. The molecule has 9 aromatic rings. The Morgan fingerprint density at radius 3 is 2.00 bits per heavy atom. The molecule has 0 saturated heterocycles. The Labute approximate surface area is 270 Å². The number of ether oxygens (including phenoxy) is 1. The summed E-state index contributed by atoms with van der Waals surface area (Å²) >= 11 is 0. The van der Waals surface area contributed by atoms with Crippen LogP contribution in [0.3, 0.4) is 0 Å². The van der Waals surface area contributed by atoms with Crippen LogP contribution in [0.15, 0.2) is 156 Å². The summed E-state index contributed by atoms with van der Waals surface area (Å²) in [6.45, 7) is -0.0653. The molecule has 11 rings (SSSR count). The number of furan rings is 1. The summed E-state index contributed by atoms with van der Waals surface area (Å²) in [7, 11) is 0. The van der Waals surface area contributed by atoms with Gasteiger partial charge in [-0.2, -0.15) is 0 Å². The molecule has 0 unspecified atom stereocenters. The molecule has 0 bridgehead atoms. The van der Waals surface area contributed by atoms with E-state index in [0.29, 0.717) is 0 Å². The van der Waals surface area contributed by atoms with Crippen LogP contribution >= 0.6 is 0 Å². The van der Waals surface area contributed by atoms with Gasteiger partial charge in [-0.05, 0) is 71.0 Å². The Kier molecular flexibility index (Phi) is 4.89. The fourth-order valence-corrected chi connectivity index (χ4v) is 8.13. The van der Waals surface area contributed by atoms with Gasteiger partial charge in [0.25, 0.3) is 6.71 Å². The van der Waals surface area contributed by atoms with Gasteiger partial charge in [-0.1, -0.05) is 91.0 Å². The van der Waals surface area contributed by atoms with E-state index < -0.39 is 0 Å². The minimum Gasteiger partial charge on any atom is -0.458 e. The SMILES string of the molecule is c1ccc(N(c2ccccc2)c2cc3c4c(c2)-n2c5ccccc5c5cc6c(oc7ccccc76)c(c52)B4c2ccccc2O3)cc1. The van der Waals surface area contributed by atoms with E-state index in [-0.39, 0.29) is 6.71 Å². The smallest absolute Gasteiger partial charge is 0.261 e. The molecule has 2 aliphatic rings. The molecule has 0 atom stereocenters. The zero-order valence-corrected chi connectivity index (χ0v) is 25.2. The largest absolute Gasteiger partial charge is 0.458 e. The van der Waals surface area contributed by atoms with Gasteiger partial charge in [-0.15, -0.1) is 0 Å². The van der Waals surface area contributed by atoms with Crippen molar-refractivity contribution in [3.63, 3.8) is 0 Å². The molecule has 0 radical (unpaired) electrons. The summed E-state index contributed by atoms with van der Waals surface area (Å²) in [6, 6.07) is 53.7. The minimum atomic E-state index is -0.0653. The van der Waals surface area contributed by atoms with Crippen LogP contribution in [-0.2, 0) is 0 Å². The van der Waals surface area contributed by atoms with Crippen LogP contribution in [-0.4, -0.2) is 11.3 Å². The highest BCUT2D eigenvalue weighted by Crippen LogP contribution is 2.44. The average Bonchev–Trinajstić information content (AvgIpc) is 3.67. The molecule has 4 heterocycles. The maximum Gasteiger partial charge on any atom is 0.261 e. The molecule has 5 heteroatoms. The average molecular weight is 600 g/mol. The summed E-state index contributed by atoms with van der Waals surface area (Å²) in [5.41, 5.74) is 12.1. The van der Waals surface area contributed by atoms with E-state index in [1.165, 1.54) is 27.3 Å². The molecule has 0 amide bonds. The maximum absolute atomic E-state index is 6.89. The maximum atomic E-state index is 6.89. The lowest BCUT2D eigenvalue weighted by Crippen LogP contribution is -2.58. The van der Waals surface area contributed by atoms with Gasteiger partial charge in [-0.25, -0.2) is 0 Å². The standard InChI is InChI=1S/C42H25BN2O2/c1-3-13-26(14-4-1)44(27-15-5-2-6-16-27)28-23-35-39-38(24-28)46-37-22-12-9-19-33(37)43(39)40-41-31(29-17-7-10-20-34(29)45(35)41)25-32-30-18-8-11-21-36(30)47-42(32)40/h1-25H. The van der Waals surface area contributed by atoms with E-state index in [1.807, 2.05) is 0 Å². The zero-order chi connectivity index (χ0) is 30.6. The van der Waals surface area contributed by atoms with Crippen molar-refractivity contribution in [2.45, 2.75) is 0 Å². The van der Waals surface area contributed by atoms with Gasteiger partial charge in [0.1, 0.15) is 22.7 Å². The highest BCUT2D eigenvalue weighted by Gasteiger charge is 2.43. The van der Waals surface area contributed by atoms with E-state index in [0.717, 1.165) is 67.1 Å². The molecule has 218 valence electrons. The summed E-state index contributed by atoms with van der Waals surface area (Å²) in [6.07, 6.45) is 0. The van der Waals surface area contributed by atoms with Crippen LogP contribution in [0.25, 0.3) is 49.4 Å². The number of hydrogen-bond acceptors (Lipinski definition) is 3. The molecule has 4 nitrogen and oxygen atoms in total. The monoisotopic (exact) mass is 600 g/mol. The Morgan fingerprint density at radius 1 is 0.511 bits per heavy atom. The number of benzene rings is 7. The van der Waals surface area contributed by atoms with Crippen molar-refractivity contribution in [1.29, 1.82) is 0 Å². The number of anilines is 3. The first-order valence-electron chi connectivity index (χ1n) is 16.1. The fourth-order valence-electron chi connectivity index (χ4n) is 8.13. The Bertz CT molecular complexity index is 2690. The summed E-state index contributed by atoms with van der Waals surface area (Å²) in [4.78, 5) is 2.32. The quantitative estimate of drug-likeness (QED) is 0.190. The van der Waals surface area contributed by atoms with Crippen LogP contribution in [0.1, 0.15) is 0 Å². The second-order valence-corrected chi connectivity index (χ2v) is 12.5. The lowest BCUT2D eigenvalue weighted by atomic mass is 9.34. The van der Waals surface area contributed by atoms with Crippen molar-refractivity contribution in [3.05, 3.63) is 152 Å². The van der Waals surface area contributed by atoms with Crippen LogP contribution in [0, 0.1) is 0 Å². The molecule has 0 aliphatic carbocycles. The van der Waals surface area contributed by atoms with Crippen LogP contribution in [0.4, 0.5) is 17.1 Å². The topological polar surface area (TPSA) is 30.5 Å². The molecular weight excluding hydrogens is 575 g/mol. The van der Waals surface area contributed by atoms with Gasteiger partial charge >= 0.3 is 0 Å². The van der Waals surface area contributed by atoms with E-state index >= 15 is 0 Å². The number of aromatic nitrogens is 1. The number of hydrogen-bond donors (Lipinski definition) is 0. The third-order valence-electron chi connectivity index (χ3n) is 10.00. The molecule has 2 aliphatic heterocycles. The van der Waals surface area contributed by atoms with E-state index in [4.69, 9.17) is 9.15 Å². The number of fused-ring (bicyclic) bond motifs is 11. The van der Waals surface area contributed by atoms with Gasteiger partial charge in [0.15, 0.2) is 0 Å². The highest BCUT2D eigenvalue weighted by atomic mass is 16.5. The van der Waals surface area contributed by atoms with Crippen LogP contribution in [0.5, 0.6) is 11.5 Å². The van der Waals surface area contributed by atoms with Gasteiger partial charge in [-0.3, -0.25) is 0 Å². The first kappa shape index (κ1) is 25.0. The third-order valence-corrected chi connectivity index (χ3v) is 10.00. The van der Waals surface area contributed by atoms with Crippen molar-refractivity contribution < 1.29 is 9.15 Å². The second-order valence-electron chi connectivity index (χ2n) is 12.5. The first-order chi connectivity index (χ1) is 23.3. The predicted octanol–water partition coefficient (Wildman–Crippen LogP) is 9.09. The number of rotatable bonds is 3. The molecule has 0 fully saturated rings. The minimum absolute atomic E-state index is 0.0653. The van der Waals surface area contributed by atoms with E-state index in [2.05, 4.69) is 161 Å². The summed E-state index contributed by atoms with van der Waals surface area (Å²) in [5, 5.41) is 4.75. The number of para-hydroxylation sites is 5. The van der Waals surface area contributed by atoms with Gasteiger partial charge in [0.2, 0.25) is 0 Å². The molecule has 2 aromatic heterocycles. The van der Waals surface area contributed by atoms with Crippen molar-refractivity contribution in [2.75, 3.05) is 4.90 Å². The van der Waals surface area contributed by atoms with Crippen molar-refractivity contribution in [1.82, 2.24) is 4.57 Å². The lowest BCUT2D eigenvalue weighted by molar-refractivity contribution is 0.487. The van der Waals surface area contributed by atoms with Crippen molar-refractivity contribution >= 4 is 83.9 Å². The first-order valence-corrected chi connectivity index (χ1v) is 16.1. The Balaban J connectivity index is 1.32. The fraction of sp³-hybridized carbons (Fsp3) is 0. The van der Waals surface area contributed by atoms with E-state index in [1.54, 1.807) is 0 Å². The molecular formula is C42H25BN2O2. The van der Waals surface area contributed by atoms with Gasteiger partial charge in [0.05, 0.1) is 16.7 Å². The molecule has 7 aromatic carbocycles. The molecule has 47 heavy (non-hydrogen) atoms. The third kappa shape index (κ3) is 3.32. The summed E-state index contributed by atoms with van der Waals surface area (Å²) < 4.78 is 16.2. The second kappa shape index (κ2) is 9.18. The molecule has 0 N–H and O–H groups in total. The van der Waals surface area contributed by atoms with Crippen molar-refractivity contribution in [3.8, 4) is 17.2 Å². The van der Waals surface area contributed by atoms with Gasteiger partial charge < -0.3 is 18.6 Å². The van der Waals surface area contributed by atoms with E-state index in [9.17, 15) is 0 Å². The predicted molar refractivity (Wildman–Crippen MR) is 194 cm³/mol.